The summed E-state index contributed by atoms with van der Waals surface area (Å²) in [5.74, 6) is 0.300. The van der Waals surface area contributed by atoms with Gasteiger partial charge in [-0.25, -0.2) is 9.59 Å². The monoisotopic (exact) mass is 503 g/mol. The number of rotatable bonds is 11. The lowest BCUT2D eigenvalue weighted by Crippen LogP contribution is -2.27. The summed E-state index contributed by atoms with van der Waals surface area (Å²) in [6.45, 7) is 0.512. The van der Waals surface area contributed by atoms with E-state index in [1.807, 2.05) is 42.5 Å². The van der Waals surface area contributed by atoms with Crippen molar-refractivity contribution in [2.24, 2.45) is 0 Å². The molecule has 0 spiro atoms. The van der Waals surface area contributed by atoms with Gasteiger partial charge in [-0.2, -0.15) is 15.2 Å². The number of carbonyl (C=O) groups excluding carboxylic acids is 2. The number of benzene rings is 1. The minimum atomic E-state index is -0.566. The van der Waals surface area contributed by atoms with Crippen molar-refractivity contribution >= 4 is 17.7 Å². The van der Waals surface area contributed by atoms with E-state index in [0.717, 1.165) is 56.2 Å². The van der Waals surface area contributed by atoms with Gasteiger partial charge in [-0.1, -0.05) is 36.8 Å². The minimum Gasteiger partial charge on any atom is -0.446 e. The second-order valence-corrected chi connectivity index (χ2v) is 9.43. The number of hydrogen-bond donors (Lipinski definition) is 1. The SMILES string of the molecule is O=C(Cc1ccccc1)Cc1ccc(CCCCn2ccc(NC(=O)OC3CCCCC3)nc2=O)nn1. The highest BCUT2D eigenvalue weighted by atomic mass is 16.6. The Hall–Kier alpha value is -3.88. The number of nitrogens with one attached hydrogen (secondary N) is 1. The second kappa shape index (κ2) is 13.4. The van der Waals surface area contributed by atoms with Crippen molar-refractivity contribution in [3.05, 3.63) is 82.2 Å². The van der Waals surface area contributed by atoms with Gasteiger partial charge in [0.1, 0.15) is 17.7 Å². The van der Waals surface area contributed by atoms with Crippen LogP contribution in [0, 0.1) is 0 Å². The van der Waals surface area contributed by atoms with Crippen molar-refractivity contribution < 1.29 is 14.3 Å². The lowest BCUT2D eigenvalue weighted by atomic mass is 9.98. The summed E-state index contributed by atoms with van der Waals surface area (Å²) in [5, 5.41) is 11.0. The summed E-state index contributed by atoms with van der Waals surface area (Å²) >= 11 is 0. The smallest absolute Gasteiger partial charge is 0.413 e. The van der Waals surface area contributed by atoms with Crippen LogP contribution in [0.5, 0.6) is 0 Å². The van der Waals surface area contributed by atoms with Crippen molar-refractivity contribution in [3.8, 4) is 0 Å². The third kappa shape index (κ3) is 8.63. The van der Waals surface area contributed by atoms with Gasteiger partial charge in [0.25, 0.3) is 0 Å². The van der Waals surface area contributed by atoms with Crippen LogP contribution in [0.4, 0.5) is 10.6 Å². The highest BCUT2D eigenvalue weighted by Crippen LogP contribution is 2.20. The number of aryl methyl sites for hydroxylation is 2. The number of amides is 1. The number of anilines is 1. The van der Waals surface area contributed by atoms with Crippen LogP contribution in [0.1, 0.15) is 61.9 Å². The largest absolute Gasteiger partial charge is 0.446 e. The van der Waals surface area contributed by atoms with Crippen LogP contribution in [0.3, 0.4) is 0 Å². The zero-order valence-corrected chi connectivity index (χ0v) is 21.0. The summed E-state index contributed by atoms with van der Waals surface area (Å²) in [5.41, 5.74) is 2.09. The predicted octanol–water partition coefficient (Wildman–Crippen LogP) is 4.29. The third-order valence-corrected chi connectivity index (χ3v) is 6.41. The normalized spacial score (nSPS) is 13.7. The molecule has 2 heterocycles. The number of nitrogens with zero attached hydrogens (tertiary/aromatic N) is 4. The summed E-state index contributed by atoms with van der Waals surface area (Å²) in [7, 11) is 0. The van der Waals surface area contributed by atoms with Crippen molar-refractivity contribution in [1.82, 2.24) is 19.7 Å². The maximum Gasteiger partial charge on any atom is 0.413 e. The van der Waals surface area contributed by atoms with Gasteiger partial charge >= 0.3 is 11.8 Å². The highest BCUT2D eigenvalue weighted by molar-refractivity contribution is 5.83. The molecule has 4 rings (SSSR count). The van der Waals surface area contributed by atoms with E-state index in [0.29, 0.717) is 18.7 Å². The number of unbranched alkanes of at least 4 members (excludes halogenated alkanes) is 1. The van der Waals surface area contributed by atoms with Crippen LogP contribution in [0.25, 0.3) is 0 Å². The van der Waals surface area contributed by atoms with Crippen molar-refractivity contribution in [3.63, 3.8) is 0 Å². The maximum atomic E-state index is 12.3. The molecule has 0 radical (unpaired) electrons. The molecule has 0 aliphatic heterocycles. The average Bonchev–Trinajstić information content (AvgIpc) is 2.89. The lowest BCUT2D eigenvalue weighted by Gasteiger charge is -2.21. The topological polar surface area (TPSA) is 116 Å². The first-order chi connectivity index (χ1) is 18.0. The number of aromatic nitrogens is 4. The second-order valence-electron chi connectivity index (χ2n) is 9.43. The van der Waals surface area contributed by atoms with Crippen LogP contribution in [0.2, 0.25) is 0 Å². The summed E-state index contributed by atoms with van der Waals surface area (Å²) in [6, 6.07) is 15.0. The van der Waals surface area contributed by atoms with Crippen molar-refractivity contribution in [2.75, 3.05) is 5.32 Å². The molecule has 1 fully saturated rings. The first-order valence-electron chi connectivity index (χ1n) is 13.0. The first kappa shape index (κ1) is 26.2. The van der Waals surface area contributed by atoms with E-state index in [4.69, 9.17) is 4.74 Å². The van der Waals surface area contributed by atoms with E-state index < -0.39 is 11.8 Å². The molecule has 9 nitrogen and oxygen atoms in total. The van der Waals surface area contributed by atoms with Crippen molar-refractivity contribution in [2.45, 2.75) is 76.9 Å². The molecule has 0 unspecified atom stereocenters. The summed E-state index contributed by atoms with van der Waals surface area (Å²) < 4.78 is 6.93. The minimum absolute atomic E-state index is 0.0582. The van der Waals surface area contributed by atoms with Gasteiger partial charge < -0.3 is 4.74 Å². The molecule has 3 aromatic rings. The molecule has 9 heteroatoms. The summed E-state index contributed by atoms with van der Waals surface area (Å²) in [4.78, 5) is 40.6. The van der Waals surface area contributed by atoms with E-state index in [1.165, 1.54) is 11.0 Å². The fourth-order valence-corrected chi connectivity index (χ4v) is 4.43. The lowest BCUT2D eigenvalue weighted by molar-refractivity contribution is -0.117. The Kier molecular flexibility index (Phi) is 9.51. The summed E-state index contributed by atoms with van der Waals surface area (Å²) in [6.07, 6.45) is 9.05. The van der Waals surface area contributed by atoms with E-state index in [9.17, 15) is 14.4 Å². The Labute approximate surface area is 216 Å². The zero-order valence-electron chi connectivity index (χ0n) is 21.0. The molecule has 37 heavy (non-hydrogen) atoms. The molecule has 0 atom stereocenters. The van der Waals surface area contributed by atoms with Gasteiger partial charge in [-0.3, -0.25) is 14.7 Å². The Morgan fingerprint density at radius 1 is 0.919 bits per heavy atom. The third-order valence-electron chi connectivity index (χ3n) is 6.41. The van der Waals surface area contributed by atoms with Gasteiger partial charge in [0.2, 0.25) is 0 Å². The number of ketones is 1. The molecule has 1 aliphatic rings. The molecule has 0 bridgehead atoms. The number of hydrogen-bond acceptors (Lipinski definition) is 7. The molecule has 1 amide bonds. The van der Waals surface area contributed by atoms with Gasteiger partial charge in [0.05, 0.1) is 17.8 Å². The number of ether oxygens (including phenoxy) is 1. The van der Waals surface area contributed by atoms with Gasteiger partial charge in [0, 0.05) is 19.2 Å². The molecule has 1 N–H and O–H groups in total. The molecular formula is C28H33N5O4. The fourth-order valence-electron chi connectivity index (χ4n) is 4.43. The van der Waals surface area contributed by atoms with Crippen LogP contribution in [-0.4, -0.2) is 37.7 Å². The first-order valence-corrected chi connectivity index (χ1v) is 13.0. The van der Waals surface area contributed by atoms with Crippen LogP contribution >= 0.6 is 0 Å². The fraction of sp³-hybridized carbons (Fsp3) is 0.429. The van der Waals surface area contributed by atoms with Gasteiger partial charge in [-0.15, -0.1) is 0 Å². The quantitative estimate of drug-likeness (QED) is 0.388. The zero-order chi connectivity index (χ0) is 25.9. The Morgan fingerprint density at radius 3 is 2.41 bits per heavy atom. The molecule has 1 aliphatic carbocycles. The highest BCUT2D eigenvalue weighted by Gasteiger charge is 2.18. The maximum absolute atomic E-state index is 12.3. The van der Waals surface area contributed by atoms with Gasteiger partial charge in [0.15, 0.2) is 0 Å². The van der Waals surface area contributed by atoms with E-state index in [-0.39, 0.29) is 24.1 Å². The van der Waals surface area contributed by atoms with E-state index >= 15 is 0 Å². The molecule has 0 saturated heterocycles. The van der Waals surface area contributed by atoms with Crippen molar-refractivity contribution in [1.29, 1.82) is 0 Å². The molecule has 1 saturated carbocycles. The Bertz CT molecular complexity index is 1220. The molecular weight excluding hydrogens is 470 g/mol. The predicted molar refractivity (Wildman–Crippen MR) is 139 cm³/mol. The van der Waals surface area contributed by atoms with E-state index in [1.54, 1.807) is 12.3 Å². The number of carbonyl (C=O) groups is 2. The van der Waals surface area contributed by atoms with E-state index in [2.05, 4.69) is 20.5 Å². The molecule has 1 aromatic carbocycles. The Morgan fingerprint density at radius 2 is 1.68 bits per heavy atom. The average molecular weight is 504 g/mol. The molecule has 194 valence electrons. The van der Waals surface area contributed by atoms with Crippen LogP contribution < -0.4 is 11.0 Å². The van der Waals surface area contributed by atoms with Crippen LogP contribution in [0.15, 0.2) is 59.5 Å². The standard InChI is InChI=1S/C28H33N5O4/c34-24(19-21-9-3-1-4-10-21)20-23-15-14-22(31-32-23)11-7-8-17-33-18-16-26(29-27(33)35)30-28(36)37-25-12-5-2-6-13-25/h1,3-4,9-10,14-16,18,25H,2,5-8,11-13,17,19-20H2,(H,29,30,35,36). The van der Waals surface area contributed by atoms with Crippen LogP contribution in [-0.2, 0) is 35.3 Å². The number of Topliss-reactive ketones (excluding diaryl/α,β-unsaturated/α-hetero) is 1. The van der Waals surface area contributed by atoms with Gasteiger partial charge in [-0.05, 0) is 68.7 Å². The Balaban J connectivity index is 1.16. The molecule has 2 aromatic heterocycles.